The van der Waals surface area contributed by atoms with E-state index in [0.717, 1.165) is 11.1 Å². The number of benzene rings is 2. The number of rotatable bonds is 4. The lowest BCUT2D eigenvalue weighted by molar-refractivity contribution is 0.0696. The molecule has 2 aromatic carbocycles. The van der Waals surface area contributed by atoms with Gasteiger partial charge in [0.15, 0.2) is 0 Å². The summed E-state index contributed by atoms with van der Waals surface area (Å²) in [6.07, 6.45) is 0. The highest BCUT2D eigenvalue weighted by Crippen LogP contribution is 2.28. The van der Waals surface area contributed by atoms with E-state index in [4.69, 9.17) is 4.74 Å². The minimum absolute atomic E-state index is 0.129. The summed E-state index contributed by atoms with van der Waals surface area (Å²) in [7, 11) is 0. The molecule has 2 rings (SSSR count). The highest BCUT2D eigenvalue weighted by molar-refractivity contribution is 5.88. The Morgan fingerprint density at radius 2 is 1.76 bits per heavy atom. The molecule has 0 aliphatic heterocycles. The van der Waals surface area contributed by atoms with Crippen molar-refractivity contribution in [2.24, 2.45) is 0 Å². The molecule has 110 valence electrons. The third-order valence-electron chi connectivity index (χ3n) is 3.27. The van der Waals surface area contributed by atoms with E-state index in [9.17, 15) is 9.90 Å². The van der Waals surface area contributed by atoms with Crippen LogP contribution in [0.1, 0.15) is 42.3 Å². The van der Waals surface area contributed by atoms with Crippen LogP contribution in [0, 0.1) is 0 Å². The predicted molar refractivity (Wildman–Crippen MR) is 82.9 cm³/mol. The Balaban J connectivity index is 2.26. The smallest absolute Gasteiger partial charge is 0.335 e. The van der Waals surface area contributed by atoms with Gasteiger partial charge in [0.1, 0.15) is 12.4 Å². The zero-order chi connectivity index (χ0) is 15.5. The minimum Gasteiger partial charge on any atom is -0.489 e. The van der Waals surface area contributed by atoms with Gasteiger partial charge in [-0.15, -0.1) is 0 Å². The van der Waals surface area contributed by atoms with E-state index >= 15 is 0 Å². The van der Waals surface area contributed by atoms with Crippen LogP contribution in [0.3, 0.4) is 0 Å². The fraction of sp³-hybridized carbons (Fsp3) is 0.278. The van der Waals surface area contributed by atoms with Crippen molar-refractivity contribution in [2.75, 3.05) is 0 Å². The first-order valence-electron chi connectivity index (χ1n) is 6.92. The number of carboxylic acids is 1. The lowest BCUT2D eigenvalue weighted by atomic mass is 9.86. The van der Waals surface area contributed by atoms with Crippen LogP contribution in [0.25, 0.3) is 0 Å². The van der Waals surface area contributed by atoms with Gasteiger partial charge in [-0.25, -0.2) is 4.79 Å². The molecular formula is C18H20O3. The second kappa shape index (κ2) is 6.00. The molecule has 0 radical (unpaired) electrons. The Kier molecular flexibility index (Phi) is 4.32. The first-order valence-corrected chi connectivity index (χ1v) is 6.92. The number of hydrogen-bond donors (Lipinski definition) is 1. The molecule has 0 amide bonds. The average molecular weight is 284 g/mol. The zero-order valence-electron chi connectivity index (χ0n) is 12.6. The minimum atomic E-state index is -0.939. The van der Waals surface area contributed by atoms with Gasteiger partial charge in [0.2, 0.25) is 0 Å². The third-order valence-corrected chi connectivity index (χ3v) is 3.27. The van der Waals surface area contributed by atoms with Crippen LogP contribution in [0.5, 0.6) is 5.75 Å². The largest absolute Gasteiger partial charge is 0.489 e. The summed E-state index contributed by atoms with van der Waals surface area (Å²) in [5.41, 5.74) is 2.13. The maximum atomic E-state index is 11.3. The Labute approximate surface area is 125 Å². The van der Waals surface area contributed by atoms with Gasteiger partial charge < -0.3 is 9.84 Å². The Morgan fingerprint density at radius 3 is 2.33 bits per heavy atom. The van der Waals surface area contributed by atoms with E-state index in [0.29, 0.717) is 12.4 Å². The van der Waals surface area contributed by atoms with Crippen LogP contribution < -0.4 is 4.74 Å². The van der Waals surface area contributed by atoms with Gasteiger partial charge in [0.05, 0.1) is 5.56 Å². The van der Waals surface area contributed by atoms with Crippen molar-refractivity contribution in [3.8, 4) is 5.75 Å². The molecular weight excluding hydrogens is 264 g/mol. The molecule has 0 aliphatic rings. The molecule has 21 heavy (non-hydrogen) atoms. The number of aromatic carboxylic acids is 1. The summed E-state index contributed by atoms with van der Waals surface area (Å²) < 4.78 is 5.76. The Morgan fingerprint density at radius 1 is 1.10 bits per heavy atom. The Bertz CT molecular complexity index is 625. The number of carboxylic acid groups (broad SMARTS) is 1. The SMILES string of the molecule is CC(C)(C)c1cc(OCc2ccccc2)cc(C(=O)O)c1. The number of carbonyl (C=O) groups is 1. The summed E-state index contributed by atoms with van der Waals surface area (Å²) in [6.45, 7) is 6.58. The summed E-state index contributed by atoms with van der Waals surface area (Å²) in [5.74, 6) is -0.352. The van der Waals surface area contributed by atoms with Crippen molar-refractivity contribution in [2.45, 2.75) is 32.8 Å². The van der Waals surface area contributed by atoms with Crippen LogP contribution in [-0.2, 0) is 12.0 Å². The Hall–Kier alpha value is -2.29. The van der Waals surface area contributed by atoms with Crippen LogP contribution in [-0.4, -0.2) is 11.1 Å². The molecule has 0 aliphatic carbocycles. The fourth-order valence-corrected chi connectivity index (χ4v) is 1.98. The van der Waals surface area contributed by atoms with Gasteiger partial charge in [0, 0.05) is 0 Å². The molecule has 2 aromatic rings. The van der Waals surface area contributed by atoms with Crippen LogP contribution in [0.2, 0.25) is 0 Å². The highest BCUT2D eigenvalue weighted by Gasteiger charge is 2.17. The van der Waals surface area contributed by atoms with Crippen molar-refractivity contribution >= 4 is 5.97 Å². The molecule has 0 bridgehead atoms. The van der Waals surface area contributed by atoms with E-state index in [-0.39, 0.29) is 11.0 Å². The van der Waals surface area contributed by atoms with E-state index in [1.165, 1.54) is 0 Å². The van der Waals surface area contributed by atoms with Crippen molar-refractivity contribution in [3.05, 3.63) is 65.2 Å². The topological polar surface area (TPSA) is 46.5 Å². The summed E-state index contributed by atoms with van der Waals surface area (Å²) in [4.78, 5) is 11.3. The van der Waals surface area contributed by atoms with Gasteiger partial charge in [-0.2, -0.15) is 0 Å². The van der Waals surface area contributed by atoms with Crippen molar-refractivity contribution in [1.82, 2.24) is 0 Å². The van der Waals surface area contributed by atoms with Gasteiger partial charge in [0.25, 0.3) is 0 Å². The predicted octanol–water partition coefficient (Wildman–Crippen LogP) is 4.26. The molecule has 0 heterocycles. The van der Waals surface area contributed by atoms with Gasteiger partial charge in [-0.1, -0.05) is 51.1 Å². The summed E-state index contributed by atoms with van der Waals surface area (Å²) in [6, 6.07) is 15.0. The maximum Gasteiger partial charge on any atom is 0.335 e. The van der Waals surface area contributed by atoms with Crippen LogP contribution >= 0.6 is 0 Å². The first-order chi connectivity index (χ1) is 9.86. The van der Waals surface area contributed by atoms with Gasteiger partial charge in [-0.05, 0) is 34.7 Å². The quantitative estimate of drug-likeness (QED) is 0.912. The molecule has 0 saturated carbocycles. The first kappa shape index (κ1) is 15.1. The molecule has 0 atom stereocenters. The lowest BCUT2D eigenvalue weighted by Crippen LogP contribution is -2.13. The van der Waals surface area contributed by atoms with Crippen molar-refractivity contribution < 1.29 is 14.6 Å². The van der Waals surface area contributed by atoms with Crippen molar-refractivity contribution in [3.63, 3.8) is 0 Å². The number of hydrogen-bond acceptors (Lipinski definition) is 2. The second-order valence-corrected chi connectivity index (χ2v) is 6.08. The van der Waals surface area contributed by atoms with Gasteiger partial charge >= 0.3 is 5.97 Å². The van der Waals surface area contributed by atoms with E-state index in [1.807, 2.05) is 36.4 Å². The molecule has 1 N–H and O–H groups in total. The maximum absolute atomic E-state index is 11.3. The monoisotopic (exact) mass is 284 g/mol. The number of ether oxygens (including phenoxy) is 1. The molecule has 0 saturated heterocycles. The third kappa shape index (κ3) is 4.09. The van der Waals surface area contributed by atoms with Crippen LogP contribution in [0.4, 0.5) is 0 Å². The normalized spacial score (nSPS) is 11.2. The second-order valence-electron chi connectivity index (χ2n) is 6.08. The van der Waals surface area contributed by atoms with Gasteiger partial charge in [-0.3, -0.25) is 0 Å². The molecule has 0 spiro atoms. The average Bonchev–Trinajstić information content (AvgIpc) is 2.45. The van der Waals surface area contributed by atoms with E-state index < -0.39 is 5.97 Å². The van der Waals surface area contributed by atoms with E-state index in [2.05, 4.69) is 20.8 Å². The van der Waals surface area contributed by atoms with Crippen molar-refractivity contribution in [1.29, 1.82) is 0 Å². The standard InChI is InChI=1S/C18H20O3/c1-18(2,3)15-9-14(17(19)20)10-16(11-15)21-12-13-7-5-4-6-8-13/h4-11H,12H2,1-3H3,(H,19,20). The lowest BCUT2D eigenvalue weighted by Gasteiger charge is -2.20. The van der Waals surface area contributed by atoms with E-state index in [1.54, 1.807) is 12.1 Å². The highest BCUT2D eigenvalue weighted by atomic mass is 16.5. The fourth-order valence-electron chi connectivity index (χ4n) is 1.98. The molecule has 0 fully saturated rings. The summed E-state index contributed by atoms with van der Waals surface area (Å²) in [5, 5.41) is 9.23. The molecule has 0 unspecified atom stereocenters. The molecule has 3 nitrogen and oxygen atoms in total. The zero-order valence-corrected chi connectivity index (χ0v) is 12.6. The molecule has 3 heteroatoms. The molecule has 0 aromatic heterocycles. The summed E-state index contributed by atoms with van der Waals surface area (Å²) >= 11 is 0. The van der Waals surface area contributed by atoms with Crippen LogP contribution in [0.15, 0.2) is 48.5 Å².